The van der Waals surface area contributed by atoms with E-state index in [-0.39, 0.29) is 24.3 Å². The minimum atomic E-state index is -0.999. The minimum absolute atomic E-state index is 0.0889. The normalized spacial score (nSPS) is 14.9. The van der Waals surface area contributed by atoms with Crippen molar-refractivity contribution in [2.45, 2.75) is 66.0 Å². The number of rotatable bonds is 9. The first-order valence-corrected chi connectivity index (χ1v) is 12.1. The predicted octanol–water partition coefficient (Wildman–Crippen LogP) is 4.55. The van der Waals surface area contributed by atoms with E-state index < -0.39 is 23.8 Å². The molecule has 0 aromatic heterocycles. The van der Waals surface area contributed by atoms with Gasteiger partial charge in [0, 0.05) is 30.8 Å². The van der Waals surface area contributed by atoms with Crippen molar-refractivity contribution in [2.24, 2.45) is 5.41 Å². The fourth-order valence-corrected chi connectivity index (χ4v) is 4.47. The highest BCUT2D eigenvalue weighted by atomic mass is 19.1. The van der Waals surface area contributed by atoms with Crippen LogP contribution in [-0.2, 0) is 24.1 Å². The molecule has 0 spiro atoms. The highest BCUT2D eigenvalue weighted by Crippen LogP contribution is 2.35. The maximum atomic E-state index is 13.6. The molecule has 1 aliphatic heterocycles. The van der Waals surface area contributed by atoms with E-state index in [1.807, 2.05) is 6.08 Å². The van der Waals surface area contributed by atoms with Crippen LogP contribution in [0.4, 0.5) is 8.78 Å². The molecule has 3 N–H and O–H groups in total. The quantitative estimate of drug-likeness (QED) is 0.487. The first-order chi connectivity index (χ1) is 16.4. The first-order valence-electron chi connectivity index (χ1n) is 12.1. The minimum Gasteiger partial charge on any atom is -0.488 e. The molecule has 2 atom stereocenters. The van der Waals surface area contributed by atoms with Gasteiger partial charge in [-0.3, -0.25) is 4.79 Å². The van der Waals surface area contributed by atoms with Gasteiger partial charge in [0.15, 0.2) is 0 Å². The summed E-state index contributed by atoms with van der Waals surface area (Å²) in [6, 6.07) is 6.82. The van der Waals surface area contributed by atoms with Crippen molar-refractivity contribution in [1.29, 1.82) is 0 Å². The summed E-state index contributed by atoms with van der Waals surface area (Å²) in [5, 5.41) is 16.9. The van der Waals surface area contributed by atoms with Crippen molar-refractivity contribution in [1.82, 2.24) is 10.6 Å². The van der Waals surface area contributed by atoms with Gasteiger partial charge in [-0.05, 0) is 65.6 Å². The number of amides is 1. The van der Waals surface area contributed by atoms with Crippen molar-refractivity contribution in [3.8, 4) is 5.75 Å². The first kappa shape index (κ1) is 26.7. The Balaban J connectivity index is 1.79. The number of fused-ring (bicyclic) bond motifs is 1. The molecule has 3 rings (SSSR count). The van der Waals surface area contributed by atoms with Gasteiger partial charge in [-0.1, -0.05) is 33.8 Å². The summed E-state index contributed by atoms with van der Waals surface area (Å²) >= 11 is 0. The van der Waals surface area contributed by atoms with Crippen molar-refractivity contribution in [3.63, 3.8) is 0 Å². The molecule has 2 aromatic carbocycles. The summed E-state index contributed by atoms with van der Waals surface area (Å²) in [5.41, 5.74) is 4.65. The third-order valence-corrected chi connectivity index (χ3v) is 5.88. The van der Waals surface area contributed by atoms with Gasteiger partial charge in [-0.2, -0.15) is 0 Å². The number of ether oxygens (including phenoxy) is 1. The van der Waals surface area contributed by atoms with Gasteiger partial charge < -0.3 is 20.5 Å². The van der Waals surface area contributed by atoms with Gasteiger partial charge in [-0.15, -0.1) is 0 Å². The number of hydrogen-bond donors (Lipinski definition) is 3. The second-order valence-electron chi connectivity index (χ2n) is 10.4. The van der Waals surface area contributed by atoms with Crippen LogP contribution in [0.3, 0.4) is 0 Å². The molecule has 190 valence electrons. The highest BCUT2D eigenvalue weighted by Gasteiger charge is 2.24. The molecule has 1 aliphatic rings. The lowest BCUT2D eigenvalue weighted by molar-refractivity contribution is -0.120. The average Bonchev–Trinajstić information content (AvgIpc) is 2.74. The Morgan fingerprint density at radius 1 is 1.11 bits per heavy atom. The monoisotopic (exact) mass is 486 g/mol. The lowest BCUT2D eigenvalue weighted by atomic mass is 9.86. The molecule has 2 unspecified atom stereocenters. The van der Waals surface area contributed by atoms with E-state index in [9.17, 15) is 18.7 Å². The number of aliphatic hydroxyl groups is 1. The zero-order chi connectivity index (χ0) is 25.8. The Bertz CT molecular complexity index is 1070. The molecule has 2 aromatic rings. The molecule has 0 fully saturated rings. The number of halogens is 2. The van der Waals surface area contributed by atoms with E-state index in [1.165, 1.54) is 24.6 Å². The largest absolute Gasteiger partial charge is 0.488 e. The Labute approximate surface area is 206 Å². The molecule has 1 heterocycles. The number of aryl methyl sites for hydroxylation is 1. The summed E-state index contributed by atoms with van der Waals surface area (Å²) in [6.07, 6.45) is 2.78. The lowest BCUT2D eigenvalue weighted by Gasteiger charge is -2.28. The Morgan fingerprint density at radius 3 is 2.40 bits per heavy atom. The van der Waals surface area contributed by atoms with E-state index >= 15 is 0 Å². The smallest absolute Gasteiger partial charge is 0.217 e. The van der Waals surface area contributed by atoms with Crippen LogP contribution in [0.2, 0.25) is 0 Å². The van der Waals surface area contributed by atoms with Crippen LogP contribution < -0.4 is 15.4 Å². The summed E-state index contributed by atoms with van der Waals surface area (Å²) in [5.74, 6) is -0.883. The lowest BCUT2D eigenvalue weighted by Crippen LogP contribution is -2.48. The van der Waals surface area contributed by atoms with Gasteiger partial charge in [0.2, 0.25) is 5.91 Å². The van der Waals surface area contributed by atoms with Crippen LogP contribution in [0.1, 0.15) is 56.9 Å². The molecule has 0 bridgehead atoms. The van der Waals surface area contributed by atoms with Gasteiger partial charge in [-0.25, -0.2) is 8.78 Å². The second-order valence-corrected chi connectivity index (χ2v) is 10.4. The molecule has 0 radical (unpaired) electrons. The molecular formula is C28H36F2N2O3. The summed E-state index contributed by atoms with van der Waals surface area (Å²) in [4.78, 5) is 11.8. The third kappa shape index (κ3) is 7.52. The second kappa shape index (κ2) is 11.2. The van der Waals surface area contributed by atoms with Crippen LogP contribution in [0, 0.1) is 17.0 Å². The molecule has 5 nitrogen and oxygen atoms in total. The molecule has 1 amide bonds. The average molecular weight is 487 g/mol. The van der Waals surface area contributed by atoms with Crippen LogP contribution in [-0.4, -0.2) is 36.3 Å². The topological polar surface area (TPSA) is 70.6 Å². The van der Waals surface area contributed by atoms with Gasteiger partial charge in [0.25, 0.3) is 0 Å². The molecule has 0 saturated carbocycles. The van der Waals surface area contributed by atoms with Gasteiger partial charge in [0.1, 0.15) is 24.0 Å². The van der Waals surface area contributed by atoms with Crippen molar-refractivity contribution < 1.29 is 23.4 Å². The number of hydrogen-bond acceptors (Lipinski definition) is 4. The maximum Gasteiger partial charge on any atom is 0.217 e. The molecule has 7 heteroatoms. The van der Waals surface area contributed by atoms with Crippen molar-refractivity contribution in [3.05, 3.63) is 70.3 Å². The number of nitrogens with one attached hydrogen (secondary N) is 2. The van der Waals surface area contributed by atoms with E-state index in [4.69, 9.17) is 4.74 Å². The van der Waals surface area contributed by atoms with Gasteiger partial charge in [0.05, 0.1) is 12.1 Å². The zero-order valence-electron chi connectivity index (χ0n) is 21.2. The van der Waals surface area contributed by atoms with Crippen molar-refractivity contribution in [2.75, 3.05) is 13.2 Å². The molecule has 0 saturated heterocycles. The number of benzene rings is 2. The molecular weight excluding hydrogens is 450 g/mol. The fraction of sp³-hybridized carbons (Fsp3) is 0.464. The summed E-state index contributed by atoms with van der Waals surface area (Å²) in [7, 11) is 0. The number of aliphatic hydroxyl groups excluding tert-OH is 1. The molecule has 35 heavy (non-hydrogen) atoms. The third-order valence-electron chi connectivity index (χ3n) is 5.88. The Hall–Kier alpha value is -2.93. The Morgan fingerprint density at radius 2 is 1.80 bits per heavy atom. The SMILES string of the molecule is CCc1cc(CC(C)(C)C)cc2c1OCC=C2NCC(O)C(Cc1cc(F)cc(F)c1)NC(C)=O. The van der Waals surface area contributed by atoms with Crippen molar-refractivity contribution >= 4 is 11.6 Å². The van der Waals surface area contributed by atoms with Crippen LogP contribution in [0.5, 0.6) is 5.75 Å². The van der Waals surface area contributed by atoms with Crippen LogP contribution >= 0.6 is 0 Å². The van der Waals surface area contributed by atoms with Crippen LogP contribution in [0.25, 0.3) is 5.70 Å². The standard InChI is InChI=1S/C28H36F2N2O3/c1-6-20-9-19(15-28(3,4)5)12-23-24(7-8-35-27(20)23)31-16-26(34)25(32-17(2)33)13-18-10-21(29)14-22(30)11-18/h7,9-12,14,25-26,31,34H,6,8,13,15-16H2,1-5H3,(H,32,33). The molecule has 0 aliphatic carbocycles. The highest BCUT2D eigenvalue weighted by molar-refractivity contribution is 5.74. The predicted molar refractivity (Wildman–Crippen MR) is 134 cm³/mol. The van der Waals surface area contributed by atoms with Crippen LogP contribution in [0.15, 0.2) is 36.4 Å². The number of carbonyl (C=O) groups excluding carboxylic acids is 1. The van der Waals surface area contributed by atoms with E-state index in [2.05, 4.69) is 50.5 Å². The van der Waals surface area contributed by atoms with E-state index in [0.29, 0.717) is 12.2 Å². The van der Waals surface area contributed by atoms with Gasteiger partial charge >= 0.3 is 0 Å². The fourth-order valence-electron chi connectivity index (χ4n) is 4.47. The summed E-state index contributed by atoms with van der Waals surface area (Å²) < 4.78 is 33.3. The zero-order valence-corrected chi connectivity index (χ0v) is 21.2. The number of carbonyl (C=O) groups is 1. The van der Waals surface area contributed by atoms with E-state index in [0.717, 1.165) is 41.5 Å². The maximum absolute atomic E-state index is 13.6. The van der Waals surface area contributed by atoms with E-state index in [1.54, 1.807) is 0 Å². The summed E-state index contributed by atoms with van der Waals surface area (Å²) in [6.45, 7) is 10.6. The Kier molecular flexibility index (Phi) is 8.54.